The van der Waals surface area contributed by atoms with Crippen LogP contribution in [0.15, 0.2) is 30.3 Å². The molecule has 16 heavy (non-hydrogen) atoms. The molecule has 1 aromatic rings. The number of hydrogen-bond acceptors (Lipinski definition) is 2. The van der Waals surface area contributed by atoms with Crippen molar-refractivity contribution < 1.29 is 5.11 Å². The van der Waals surface area contributed by atoms with Crippen molar-refractivity contribution in [2.75, 3.05) is 19.7 Å². The van der Waals surface area contributed by atoms with Crippen LogP contribution >= 0.6 is 0 Å². The molecule has 0 spiro atoms. The summed E-state index contributed by atoms with van der Waals surface area (Å²) in [5.41, 5.74) is 1.46. The number of nitrogens with zero attached hydrogens (tertiary/aromatic N) is 1. The maximum Gasteiger partial charge on any atom is 0.0445 e. The highest BCUT2D eigenvalue weighted by molar-refractivity contribution is 5.22. The van der Waals surface area contributed by atoms with E-state index < -0.39 is 0 Å². The molecule has 1 saturated heterocycles. The minimum atomic E-state index is 0.311. The standard InChI is InChI=1S/C14H21NO/c1-2-14(8-9-16)15-10-13(11-15)12-6-4-3-5-7-12/h3-7,13-14,16H,2,8-11H2,1H3. The van der Waals surface area contributed by atoms with Crippen LogP contribution in [0.4, 0.5) is 0 Å². The number of aliphatic hydroxyl groups excluding tert-OH is 1. The normalized spacial score (nSPS) is 19.4. The Balaban J connectivity index is 1.85. The number of rotatable bonds is 5. The van der Waals surface area contributed by atoms with E-state index in [0.29, 0.717) is 18.6 Å². The Kier molecular flexibility index (Phi) is 3.97. The zero-order valence-corrected chi connectivity index (χ0v) is 9.97. The Hall–Kier alpha value is -0.860. The lowest BCUT2D eigenvalue weighted by atomic mass is 9.89. The molecule has 0 saturated carbocycles. The van der Waals surface area contributed by atoms with E-state index in [1.807, 2.05) is 0 Å². The van der Waals surface area contributed by atoms with Crippen LogP contribution in [-0.4, -0.2) is 35.7 Å². The summed E-state index contributed by atoms with van der Waals surface area (Å²) in [7, 11) is 0. The summed E-state index contributed by atoms with van der Waals surface area (Å²) in [5.74, 6) is 0.703. The van der Waals surface area contributed by atoms with Crippen molar-refractivity contribution >= 4 is 0 Å². The van der Waals surface area contributed by atoms with Crippen molar-refractivity contribution in [2.45, 2.75) is 31.7 Å². The van der Waals surface area contributed by atoms with Crippen molar-refractivity contribution in [1.29, 1.82) is 0 Å². The molecular formula is C14H21NO. The largest absolute Gasteiger partial charge is 0.396 e. The molecule has 1 aliphatic rings. The molecule has 1 unspecified atom stereocenters. The molecule has 0 aromatic heterocycles. The maximum absolute atomic E-state index is 8.99. The molecule has 1 fully saturated rings. The second kappa shape index (κ2) is 5.46. The molecule has 1 heterocycles. The van der Waals surface area contributed by atoms with E-state index in [0.717, 1.165) is 25.9 Å². The molecule has 1 N–H and O–H groups in total. The van der Waals surface area contributed by atoms with Gasteiger partial charge in [0.2, 0.25) is 0 Å². The fourth-order valence-electron chi connectivity index (χ4n) is 2.54. The van der Waals surface area contributed by atoms with Crippen molar-refractivity contribution in [3.05, 3.63) is 35.9 Å². The van der Waals surface area contributed by atoms with E-state index in [-0.39, 0.29) is 0 Å². The van der Waals surface area contributed by atoms with Crippen LogP contribution in [0.1, 0.15) is 31.2 Å². The van der Waals surface area contributed by atoms with Gasteiger partial charge in [-0.2, -0.15) is 0 Å². The molecule has 2 nitrogen and oxygen atoms in total. The van der Waals surface area contributed by atoms with Crippen LogP contribution in [0.3, 0.4) is 0 Å². The van der Waals surface area contributed by atoms with Crippen molar-refractivity contribution in [1.82, 2.24) is 4.90 Å². The third-order valence-electron chi connectivity index (χ3n) is 3.63. The first-order valence-corrected chi connectivity index (χ1v) is 6.25. The topological polar surface area (TPSA) is 23.5 Å². The summed E-state index contributed by atoms with van der Waals surface area (Å²) >= 11 is 0. The summed E-state index contributed by atoms with van der Waals surface area (Å²) in [6.07, 6.45) is 2.06. The van der Waals surface area contributed by atoms with E-state index in [1.165, 1.54) is 5.56 Å². The Morgan fingerprint density at radius 1 is 1.31 bits per heavy atom. The number of benzene rings is 1. The first kappa shape index (κ1) is 11.6. The molecule has 2 heteroatoms. The molecule has 1 aliphatic heterocycles. The molecule has 1 aromatic carbocycles. The highest BCUT2D eigenvalue weighted by atomic mass is 16.3. The van der Waals surface area contributed by atoms with Gasteiger partial charge < -0.3 is 5.11 Å². The predicted octanol–water partition coefficient (Wildman–Crippen LogP) is 2.25. The van der Waals surface area contributed by atoms with E-state index in [9.17, 15) is 0 Å². The zero-order valence-electron chi connectivity index (χ0n) is 9.97. The first-order valence-electron chi connectivity index (χ1n) is 6.25. The first-order chi connectivity index (χ1) is 7.85. The van der Waals surface area contributed by atoms with Crippen molar-refractivity contribution in [3.8, 4) is 0 Å². The lowest BCUT2D eigenvalue weighted by Crippen LogP contribution is -2.50. The van der Waals surface area contributed by atoms with Gasteiger partial charge in [0.05, 0.1) is 0 Å². The number of aliphatic hydroxyl groups is 1. The molecule has 0 bridgehead atoms. The van der Waals surface area contributed by atoms with Crippen LogP contribution in [0, 0.1) is 0 Å². The van der Waals surface area contributed by atoms with Gasteiger partial charge in [-0.3, -0.25) is 4.90 Å². The average molecular weight is 219 g/mol. The Labute approximate surface area is 97.9 Å². The zero-order chi connectivity index (χ0) is 11.4. The molecule has 0 amide bonds. The van der Waals surface area contributed by atoms with Gasteiger partial charge in [0.15, 0.2) is 0 Å². The summed E-state index contributed by atoms with van der Waals surface area (Å²) < 4.78 is 0. The van der Waals surface area contributed by atoms with Crippen LogP contribution in [0.25, 0.3) is 0 Å². The Bertz CT molecular complexity index is 306. The van der Waals surface area contributed by atoms with Gasteiger partial charge in [0.1, 0.15) is 0 Å². The fraction of sp³-hybridized carbons (Fsp3) is 0.571. The van der Waals surface area contributed by atoms with Gasteiger partial charge >= 0.3 is 0 Å². The predicted molar refractivity (Wildman–Crippen MR) is 66.5 cm³/mol. The van der Waals surface area contributed by atoms with Crippen LogP contribution < -0.4 is 0 Å². The van der Waals surface area contributed by atoms with Crippen LogP contribution in [-0.2, 0) is 0 Å². The van der Waals surface area contributed by atoms with Gasteiger partial charge in [-0.15, -0.1) is 0 Å². The van der Waals surface area contributed by atoms with Crippen LogP contribution in [0.5, 0.6) is 0 Å². The van der Waals surface area contributed by atoms with Crippen molar-refractivity contribution in [2.24, 2.45) is 0 Å². The smallest absolute Gasteiger partial charge is 0.0445 e. The van der Waals surface area contributed by atoms with E-state index in [1.54, 1.807) is 0 Å². The third-order valence-corrected chi connectivity index (χ3v) is 3.63. The highest BCUT2D eigenvalue weighted by Gasteiger charge is 2.31. The Morgan fingerprint density at radius 2 is 2.00 bits per heavy atom. The summed E-state index contributed by atoms with van der Waals surface area (Å²) in [6.45, 7) is 4.83. The number of hydrogen-bond donors (Lipinski definition) is 1. The lowest BCUT2D eigenvalue weighted by molar-refractivity contribution is 0.0719. The average Bonchev–Trinajstić information content (AvgIpc) is 2.27. The summed E-state index contributed by atoms with van der Waals surface area (Å²) in [4.78, 5) is 2.49. The summed E-state index contributed by atoms with van der Waals surface area (Å²) in [6, 6.07) is 11.3. The quantitative estimate of drug-likeness (QED) is 0.821. The Morgan fingerprint density at radius 3 is 2.56 bits per heavy atom. The van der Waals surface area contributed by atoms with E-state index >= 15 is 0 Å². The molecule has 88 valence electrons. The van der Waals surface area contributed by atoms with E-state index in [2.05, 4.69) is 42.2 Å². The summed E-state index contributed by atoms with van der Waals surface area (Å²) in [5, 5.41) is 8.99. The van der Waals surface area contributed by atoms with Gasteiger partial charge in [-0.1, -0.05) is 37.3 Å². The minimum Gasteiger partial charge on any atom is -0.396 e. The van der Waals surface area contributed by atoms with Gasteiger partial charge in [-0.05, 0) is 18.4 Å². The minimum absolute atomic E-state index is 0.311. The SMILES string of the molecule is CCC(CCO)N1CC(c2ccccc2)C1. The van der Waals surface area contributed by atoms with Gasteiger partial charge in [-0.25, -0.2) is 0 Å². The molecule has 1 atom stereocenters. The van der Waals surface area contributed by atoms with Gasteiger partial charge in [0, 0.05) is 31.7 Å². The lowest BCUT2D eigenvalue weighted by Gasteiger charge is -2.44. The molecular weight excluding hydrogens is 198 g/mol. The van der Waals surface area contributed by atoms with Crippen LogP contribution in [0.2, 0.25) is 0 Å². The number of likely N-dealkylation sites (tertiary alicyclic amines) is 1. The highest BCUT2D eigenvalue weighted by Crippen LogP contribution is 2.29. The second-order valence-electron chi connectivity index (χ2n) is 4.64. The monoisotopic (exact) mass is 219 g/mol. The van der Waals surface area contributed by atoms with Crippen molar-refractivity contribution in [3.63, 3.8) is 0 Å². The maximum atomic E-state index is 8.99. The molecule has 0 radical (unpaired) electrons. The third kappa shape index (κ3) is 2.45. The molecule has 2 rings (SSSR count). The second-order valence-corrected chi connectivity index (χ2v) is 4.64. The fourth-order valence-corrected chi connectivity index (χ4v) is 2.54. The van der Waals surface area contributed by atoms with Gasteiger partial charge in [0.25, 0.3) is 0 Å². The molecule has 0 aliphatic carbocycles. The van der Waals surface area contributed by atoms with E-state index in [4.69, 9.17) is 5.11 Å².